The Kier molecular flexibility index (Phi) is 5.80. The number of allylic oxidation sites excluding steroid dienone is 4. The first-order valence-corrected chi connectivity index (χ1v) is 17.6. The van der Waals surface area contributed by atoms with Crippen LogP contribution in [0.5, 0.6) is 0 Å². The van der Waals surface area contributed by atoms with Crippen molar-refractivity contribution in [3.8, 4) is 0 Å². The topological polar surface area (TPSA) is 19.6 Å². The van der Waals surface area contributed by atoms with Gasteiger partial charge in [0.25, 0.3) is 0 Å². The Morgan fingerprint density at radius 2 is 1.20 bits per heavy atom. The zero-order valence-electron chi connectivity index (χ0n) is 27.9. The third-order valence-electron chi connectivity index (χ3n) is 11.2. The molecule has 1 fully saturated rings. The van der Waals surface area contributed by atoms with E-state index in [0.29, 0.717) is 0 Å². The van der Waals surface area contributed by atoms with E-state index in [-0.39, 0.29) is 12.0 Å². The number of furan rings is 1. The molecule has 2 atom stereocenters. The lowest BCUT2D eigenvalue weighted by molar-refractivity contribution is 0.669. The molecule has 240 valence electrons. The molecule has 3 aliphatic rings. The van der Waals surface area contributed by atoms with Crippen molar-refractivity contribution in [2.75, 3.05) is 9.80 Å². The smallest absolute Gasteiger partial charge is 0.135 e. The summed E-state index contributed by atoms with van der Waals surface area (Å²) in [7, 11) is 0. The van der Waals surface area contributed by atoms with Crippen molar-refractivity contribution in [2.24, 2.45) is 0 Å². The summed E-state index contributed by atoms with van der Waals surface area (Å²) in [4.78, 5) is 4.86. The van der Waals surface area contributed by atoms with Crippen LogP contribution in [0.1, 0.15) is 11.5 Å². The highest BCUT2D eigenvalue weighted by atomic mass is 16.3. The van der Waals surface area contributed by atoms with Crippen LogP contribution < -0.4 is 9.80 Å². The van der Waals surface area contributed by atoms with Gasteiger partial charge in [-0.1, -0.05) is 122 Å². The maximum Gasteiger partial charge on any atom is 0.135 e. The third-order valence-corrected chi connectivity index (χ3v) is 11.2. The summed E-state index contributed by atoms with van der Waals surface area (Å²) in [6, 6.07) is 48.4. The number of rotatable bonds is 4. The van der Waals surface area contributed by atoms with Gasteiger partial charge in [-0.25, -0.2) is 0 Å². The molecular weight excluding hydrogens is 621 g/mol. The molecule has 0 N–H and O–H groups in total. The fourth-order valence-corrected chi connectivity index (χ4v) is 9.09. The summed E-state index contributed by atoms with van der Waals surface area (Å²) in [5.74, 6) is 0.162. The van der Waals surface area contributed by atoms with Crippen molar-refractivity contribution >= 4 is 71.3 Å². The molecule has 2 aliphatic heterocycles. The summed E-state index contributed by atoms with van der Waals surface area (Å²) in [6.45, 7) is 8.69. The highest BCUT2D eigenvalue weighted by molar-refractivity contribution is 6.25. The zero-order chi connectivity index (χ0) is 33.8. The monoisotopic (exact) mass is 652 g/mol. The van der Waals surface area contributed by atoms with E-state index in [0.717, 1.165) is 50.3 Å². The van der Waals surface area contributed by atoms with Crippen LogP contribution in [0.15, 0.2) is 198 Å². The molecule has 8 aromatic rings. The average Bonchev–Trinajstić information content (AvgIpc) is 3.81. The van der Waals surface area contributed by atoms with Gasteiger partial charge >= 0.3 is 0 Å². The van der Waals surface area contributed by atoms with Gasteiger partial charge in [-0.05, 0) is 92.0 Å². The molecule has 0 radical (unpaired) electrons. The van der Waals surface area contributed by atoms with Gasteiger partial charge < -0.3 is 14.2 Å². The van der Waals surface area contributed by atoms with Gasteiger partial charge in [0.2, 0.25) is 0 Å². The predicted octanol–water partition coefficient (Wildman–Crippen LogP) is 12.6. The summed E-state index contributed by atoms with van der Waals surface area (Å²) < 4.78 is 6.30. The van der Waals surface area contributed by atoms with Gasteiger partial charge in [-0.15, -0.1) is 0 Å². The van der Waals surface area contributed by atoms with Crippen molar-refractivity contribution in [3.63, 3.8) is 0 Å². The van der Waals surface area contributed by atoms with Gasteiger partial charge in [-0.2, -0.15) is 0 Å². The molecule has 0 bridgehead atoms. The Bertz CT molecular complexity index is 2900. The van der Waals surface area contributed by atoms with E-state index < -0.39 is 0 Å². The number of fused-ring (bicyclic) bond motifs is 12. The lowest BCUT2D eigenvalue weighted by atomic mass is 9.83. The maximum absolute atomic E-state index is 6.30. The standard InChI is InChI=1S/C48H32N2O/c1-3-12-33-29(2)49-45-19-10-8-17-39(45)44-28-32(27-43(33)48(44)49)50(31-22-24-47-42(26-31)40-18-9-11-20-46(40)51-47)30-21-23-38-36-15-5-4-13-34(36)35-14-6-7-16-37(35)41(38)25-30/h3-28,44,48H,1-2H2. The Morgan fingerprint density at radius 3 is 1.94 bits per heavy atom. The van der Waals surface area contributed by atoms with E-state index in [4.69, 9.17) is 4.42 Å². The second kappa shape index (κ2) is 10.5. The first-order valence-electron chi connectivity index (χ1n) is 17.6. The molecule has 0 spiro atoms. The lowest BCUT2D eigenvalue weighted by Crippen LogP contribution is -2.30. The first kappa shape index (κ1) is 28.3. The summed E-state index contributed by atoms with van der Waals surface area (Å²) in [5, 5.41) is 9.78. The number of anilines is 3. The van der Waals surface area contributed by atoms with Gasteiger partial charge in [-0.3, -0.25) is 0 Å². The van der Waals surface area contributed by atoms with Crippen LogP contribution in [0.3, 0.4) is 0 Å². The average molecular weight is 653 g/mol. The van der Waals surface area contributed by atoms with Gasteiger partial charge in [0.1, 0.15) is 11.2 Å². The summed E-state index contributed by atoms with van der Waals surface area (Å²) in [6.07, 6.45) is 8.86. The Morgan fingerprint density at radius 1 is 0.608 bits per heavy atom. The zero-order valence-corrected chi connectivity index (χ0v) is 27.9. The van der Waals surface area contributed by atoms with Crippen LogP contribution in [0.4, 0.5) is 17.1 Å². The quantitative estimate of drug-likeness (QED) is 0.176. The minimum Gasteiger partial charge on any atom is -0.456 e. The number of hydrogen-bond donors (Lipinski definition) is 0. The van der Waals surface area contributed by atoms with Crippen LogP contribution >= 0.6 is 0 Å². The van der Waals surface area contributed by atoms with Gasteiger partial charge in [0.15, 0.2) is 0 Å². The molecule has 7 aromatic carbocycles. The van der Waals surface area contributed by atoms with E-state index in [1.165, 1.54) is 49.1 Å². The molecule has 3 nitrogen and oxygen atoms in total. The van der Waals surface area contributed by atoms with Crippen LogP contribution in [-0.2, 0) is 0 Å². The molecule has 3 heterocycles. The molecule has 3 heteroatoms. The van der Waals surface area contributed by atoms with Gasteiger partial charge in [0.05, 0.1) is 6.04 Å². The van der Waals surface area contributed by atoms with E-state index in [1.807, 2.05) is 18.2 Å². The first-order chi connectivity index (χ1) is 25.2. The molecule has 51 heavy (non-hydrogen) atoms. The number of hydrogen-bond acceptors (Lipinski definition) is 3. The van der Waals surface area contributed by atoms with Gasteiger partial charge in [0, 0.05) is 50.7 Å². The second-order valence-electron chi connectivity index (χ2n) is 13.8. The highest BCUT2D eigenvalue weighted by Crippen LogP contribution is 2.56. The van der Waals surface area contributed by atoms with Crippen molar-refractivity contribution in [1.82, 2.24) is 0 Å². The molecular formula is C48H32N2O. The number of nitrogens with zero attached hydrogens (tertiary/aromatic N) is 2. The largest absolute Gasteiger partial charge is 0.456 e. The van der Waals surface area contributed by atoms with Crippen molar-refractivity contribution in [3.05, 3.63) is 199 Å². The van der Waals surface area contributed by atoms with Crippen LogP contribution in [0.25, 0.3) is 54.3 Å². The Balaban J connectivity index is 1.20. The molecule has 1 aromatic heterocycles. The van der Waals surface area contributed by atoms with E-state index in [2.05, 4.69) is 163 Å². The van der Waals surface area contributed by atoms with Crippen molar-refractivity contribution in [2.45, 2.75) is 12.0 Å². The molecule has 2 unspecified atom stereocenters. The fourth-order valence-electron chi connectivity index (χ4n) is 9.09. The predicted molar refractivity (Wildman–Crippen MR) is 214 cm³/mol. The maximum atomic E-state index is 6.30. The minimum atomic E-state index is 0.162. The highest BCUT2D eigenvalue weighted by Gasteiger charge is 2.49. The lowest BCUT2D eigenvalue weighted by Gasteiger charge is -2.32. The summed E-state index contributed by atoms with van der Waals surface area (Å²) >= 11 is 0. The minimum absolute atomic E-state index is 0.162. The molecule has 0 saturated carbocycles. The number of benzene rings is 7. The van der Waals surface area contributed by atoms with Crippen molar-refractivity contribution in [1.29, 1.82) is 0 Å². The summed E-state index contributed by atoms with van der Waals surface area (Å²) in [5.41, 5.74) is 11.1. The molecule has 0 amide bonds. The van der Waals surface area contributed by atoms with Crippen LogP contribution in [0, 0.1) is 0 Å². The van der Waals surface area contributed by atoms with E-state index in [9.17, 15) is 0 Å². The second-order valence-corrected chi connectivity index (χ2v) is 13.8. The normalized spacial score (nSPS) is 18.5. The third kappa shape index (κ3) is 3.89. The molecule has 1 saturated heterocycles. The van der Waals surface area contributed by atoms with E-state index >= 15 is 0 Å². The van der Waals surface area contributed by atoms with Crippen molar-refractivity contribution < 1.29 is 4.42 Å². The van der Waals surface area contributed by atoms with Crippen LogP contribution in [0.2, 0.25) is 0 Å². The Hall–Kier alpha value is -6.58. The molecule has 11 rings (SSSR count). The van der Waals surface area contributed by atoms with Crippen LogP contribution in [-0.4, -0.2) is 6.04 Å². The SMILES string of the molecule is C=CC=C1C(=C)N2c3ccccc3C3C=C(N(c4ccc5oc6ccccc6c5c4)c4ccc5c6ccccc6c6ccccc6c5c4)C=C1C32. The Labute approximate surface area is 295 Å². The van der Waals surface area contributed by atoms with E-state index in [1.54, 1.807) is 0 Å². The fraction of sp³-hybridized carbons (Fsp3) is 0.0417. The molecule has 1 aliphatic carbocycles. The number of para-hydroxylation sites is 2.